The van der Waals surface area contributed by atoms with Crippen molar-refractivity contribution in [2.45, 2.75) is 33.4 Å². The monoisotopic (exact) mass is 334 g/mol. The van der Waals surface area contributed by atoms with Gasteiger partial charge in [0.05, 0.1) is 5.69 Å². The Balaban J connectivity index is 2.08. The molecule has 0 saturated carbocycles. The molecule has 1 aromatic carbocycles. The van der Waals surface area contributed by atoms with Crippen LogP contribution in [0, 0.1) is 6.92 Å². The number of rotatable bonds is 5. The molecule has 0 radical (unpaired) electrons. The van der Waals surface area contributed by atoms with Gasteiger partial charge in [-0.05, 0) is 36.6 Å². The Morgan fingerprint density at radius 3 is 2.75 bits per heavy atom. The average Bonchev–Trinajstić information content (AvgIpc) is 2.43. The Morgan fingerprint density at radius 1 is 1.25 bits per heavy atom. The van der Waals surface area contributed by atoms with Crippen LogP contribution in [0.4, 0.5) is 5.69 Å². The fraction of sp³-hybridized carbons (Fsp3) is 0.312. The number of anilines is 1. The van der Waals surface area contributed by atoms with E-state index in [1.807, 2.05) is 12.3 Å². The van der Waals surface area contributed by atoms with Crippen LogP contribution in [0.1, 0.15) is 24.5 Å². The number of hydrogen-bond donors (Lipinski definition) is 1. The van der Waals surface area contributed by atoms with Crippen LogP contribution in [-0.4, -0.2) is 4.57 Å². The summed E-state index contributed by atoms with van der Waals surface area (Å²) in [6.45, 7) is 5.63. The lowest BCUT2D eigenvalue weighted by Gasteiger charge is -2.10. The zero-order valence-electron chi connectivity index (χ0n) is 11.8. The van der Waals surface area contributed by atoms with Gasteiger partial charge in [-0.15, -0.1) is 0 Å². The largest absolute Gasteiger partial charge is 0.380 e. The predicted molar refractivity (Wildman–Crippen MR) is 87.2 cm³/mol. The fourth-order valence-electron chi connectivity index (χ4n) is 2.00. The van der Waals surface area contributed by atoms with Crippen molar-refractivity contribution in [2.75, 3.05) is 5.32 Å². The molecule has 0 spiro atoms. The van der Waals surface area contributed by atoms with Crippen LogP contribution in [-0.2, 0) is 13.1 Å². The molecule has 1 N–H and O–H groups in total. The summed E-state index contributed by atoms with van der Waals surface area (Å²) in [6.07, 6.45) is 2.84. The van der Waals surface area contributed by atoms with Gasteiger partial charge in [0.1, 0.15) is 0 Å². The minimum atomic E-state index is 0.0514. The highest BCUT2D eigenvalue weighted by Gasteiger charge is 2.00. The highest BCUT2D eigenvalue weighted by atomic mass is 79.9. The van der Waals surface area contributed by atoms with E-state index in [1.54, 1.807) is 10.6 Å². The first kappa shape index (κ1) is 14.9. The standard InChI is InChI=1S/C16H19BrN2O/c1-3-8-19-11-14(6-7-16(19)20)18-10-13-5-4-12(2)15(17)9-13/h4-7,9,11,18H,3,8,10H2,1-2H3. The van der Waals surface area contributed by atoms with Crippen molar-refractivity contribution in [3.8, 4) is 0 Å². The van der Waals surface area contributed by atoms with Crippen molar-refractivity contribution in [3.05, 3.63) is 62.5 Å². The normalized spacial score (nSPS) is 10.6. The number of hydrogen-bond acceptors (Lipinski definition) is 2. The molecule has 1 aromatic heterocycles. The molecule has 0 amide bonds. The first-order valence-electron chi connectivity index (χ1n) is 6.79. The Hall–Kier alpha value is -1.55. The SMILES string of the molecule is CCCn1cc(NCc2ccc(C)c(Br)c2)ccc1=O. The Labute approximate surface area is 127 Å². The lowest BCUT2D eigenvalue weighted by molar-refractivity contribution is 0.655. The minimum Gasteiger partial charge on any atom is -0.380 e. The van der Waals surface area contributed by atoms with Gasteiger partial charge in [-0.1, -0.05) is 35.0 Å². The van der Waals surface area contributed by atoms with Gasteiger partial charge in [0.25, 0.3) is 5.56 Å². The lowest BCUT2D eigenvalue weighted by Crippen LogP contribution is -2.18. The maximum absolute atomic E-state index is 11.6. The van der Waals surface area contributed by atoms with E-state index in [9.17, 15) is 4.79 Å². The van der Waals surface area contributed by atoms with Crippen molar-refractivity contribution in [3.63, 3.8) is 0 Å². The summed E-state index contributed by atoms with van der Waals surface area (Å²) >= 11 is 3.54. The molecule has 20 heavy (non-hydrogen) atoms. The van der Waals surface area contributed by atoms with Crippen molar-refractivity contribution < 1.29 is 0 Å². The van der Waals surface area contributed by atoms with Gasteiger partial charge < -0.3 is 9.88 Å². The Bertz CT molecular complexity index is 649. The van der Waals surface area contributed by atoms with Crippen LogP contribution in [0.15, 0.2) is 45.8 Å². The predicted octanol–water partition coefficient (Wildman–Crippen LogP) is 3.94. The van der Waals surface area contributed by atoms with Crippen LogP contribution in [0.5, 0.6) is 0 Å². The molecule has 0 fully saturated rings. The molecule has 0 aliphatic carbocycles. The number of aryl methyl sites for hydroxylation is 2. The van der Waals surface area contributed by atoms with E-state index in [2.05, 4.69) is 53.3 Å². The van der Waals surface area contributed by atoms with Crippen LogP contribution in [0.2, 0.25) is 0 Å². The molecule has 0 saturated heterocycles. The summed E-state index contributed by atoms with van der Waals surface area (Å²) in [4.78, 5) is 11.6. The second kappa shape index (κ2) is 6.75. The fourth-order valence-corrected chi connectivity index (χ4v) is 2.43. The van der Waals surface area contributed by atoms with Crippen LogP contribution < -0.4 is 10.9 Å². The third-order valence-corrected chi connectivity index (χ3v) is 4.04. The summed E-state index contributed by atoms with van der Waals surface area (Å²) < 4.78 is 2.86. The maximum Gasteiger partial charge on any atom is 0.250 e. The molecule has 0 aliphatic rings. The highest BCUT2D eigenvalue weighted by Crippen LogP contribution is 2.18. The van der Waals surface area contributed by atoms with Gasteiger partial charge in [0.15, 0.2) is 0 Å². The van der Waals surface area contributed by atoms with Crippen molar-refractivity contribution in [1.82, 2.24) is 4.57 Å². The minimum absolute atomic E-state index is 0.0514. The van der Waals surface area contributed by atoms with E-state index in [-0.39, 0.29) is 5.56 Å². The molecule has 2 rings (SSSR count). The lowest BCUT2D eigenvalue weighted by atomic mass is 10.1. The van der Waals surface area contributed by atoms with Crippen molar-refractivity contribution in [2.24, 2.45) is 0 Å². The van der Waals surface area contributed by atoms with E-state index in [0.29, 0.717) is 0 Å². The number of nitrogens with one attached hydrogen (secondary N) is 1. The zero-order chi connectivity index (χ0) is 14.5. The number of halogens is 1. The summed E-state index contributed by atoms with van der Waals surface area (Å²) in [7, 11) is 0. The van der Waals surface area contributed by atoms with Crippen LogP contribution >= 0.6 is 15.9 Å². The average molecular weight is 335 g/mol. The summed E-state index contributed by atoms with van der Waals surface area (Å²) in [5, 5.41) is 3.35. The molecule has 106 valence electrons. The topological polar surface area (TPSA) is 34.0 Å². The molecule has 1 heterocycles. The molecular formula is C16H19BrN2O. The van der Waals surface area contributed by atoms with Crippen molar-refractivity contribution >= 4 is 21.6 Å². The number of aromatic nitrogens is 1. The molecule has 0 aliphatic heterocycles. The molecule has 0 bridgehead atoms. The second-order valence-corrected chi connectivity index (χ2v) is 5.74. The number of pyridine rings is 1. The number of nitrogens with zero attached hydrogens (tertiary/aromatic N) is 1. The van der Waals surface area contributed by atoms with Gasteiger partial charge in [0.2, 0.25) is 0 Å². The highest BCUT2D eigenvalue weighted by molar-refractivity contribution is 9.10. The number of benzene rings is 1. The molecule has 0 atom stereocenters. The Kier molecular flexibility index (Phi) is 5.01. The van der Waals surface area contributed by atoms with Gasteiger partial charge in [-0.2, -0.15) is 0 Å². The third-order valence-electron chi connectivity index (χ3n) is 3.18. The van der Waals surface area contributed by atoms with Gasteiger partial charge in [0, 0.05) is 29.8 Å². The van der Waals surface area contributed by atoms with Gasteiger partial charge in [-0.3, -0.25) is 4.79 Å². The van der Waals surface area contributed by atoms with E-state index in [4.69, 9.17) is 0 Å². The zero-order valence-corrected chi connectivity index (χ0v) is 13.4. The van der Waals surface area contributed by atoms with Crippen molar-refractivity contribution in [1.29, 1.82) is 0 Å². The van der Waals surface area contributed by atoms with Crippen LogP contribution in [0.3, 0.4) is 0 Å². The summed E-state index contributed by atoms with van der Waals surface area (Å²) in [5.41, 5.74) is 3.45. The maximum atomic E-state index is 11.6. The molecule has 0 unspecified atom stereocenters. The van der Waals surface area contributed by atoms with E-state index in [1.165, 1.54) is 11.1 Å². The third kappa shape index (κ3) is 3.73. The Morgan fingerprint density at radius 2 is 2.05 bits per heavy atom. The smallest absolute Gasteiger partial charge is 0.250 e. The molecule has 4 heteroatoms. The van der Waals surface area contributed by atoms with Crippen LogP contribution in [0.25, 0.3) is 0 Å². The first-order chi connectivity index (χ1) is 9.60. The molecular weight excluding hydrogens is 316 g/mol. The van der Waals surface area contributed by atoms with E-state index in [0.717, 1.165) is 29.7 Å². The van der Waals surface area contributed by atoms with Gasteiger partial charge >= 0.3 is 0 Å². The van der Waals surface area contributed by atoms with E-state index < -0.39 is 0 Å². The first-order valence-corrected chi connectivity index (χ1v) is 7.59. The molecule has 3 nitrogen and oxygen atoms in total. The second-order valence-electron chi connectivity index (χ2n) is 4.89. The summed E-state index contributed by atoms with van der Waals surface area (Å²) in [5.74, 6) is 0. The van der Waals surface area contributed by atoms with Gasteiger partial charge in [-0.25, -0.2) is 0 Å². The quantitative estimate of drug-likeness (QED) is 0.898. The molecule has 2 aromatic rings. The summed E-state index contributed by atoms with van der Waals surface area (Å²) in [6, 6.07) is 9.76. The van der Waals surface area contributed by atoms with E-state index >= 15 is 0 Å².